The molecule has 2 aliphatic rings. The van der Waals surface area contributed by atoms with Gasteiger partial charge in [0.2, 0.25) is 0 Å². The number of rotatable bonds is 3. The Balaban J connectivity index is 1.40. The first-order valence-electron chi connectivity index (χ1n) is 9.01. The van der Waals surface area contributed by atoms with Crippen LogP contribution in [-0.4, -0.2) is 46.9 Å². The van der Waals surface area contributed by atoms with Gasteiger partial charge in [0, 0.05) is 29.6 Å². The van der Waals surface area contributed by atoms with E-state index in [2.05, 4.69) is 15.3 Å². The highest BCUT2D eigenvalue weighted by Gasteiger charge is 2.33. The first-order chi connectivity index (χ1) is 12.8. The monoisotopic (exact) mass is 369 g/mol. The topological polar surface area (TPSA) is 54.7 Å². The highest BCUT2D eigenvalue weighted by Crippen LogP contribution is 2.31. The maximum absolute atomic E-state index is 6.06. The van der Waals surface area contributed by atoms with Gasteiger partial charge in [-0.3, -0.25) is 0 Å². The van der Waals surface area contributed by atoms with E-state index in [-0.39, 0.29) is 6.10 Å². The van der Waals surface area contributed by atoms with Crippen LogP contribution >= 0.6 is 11.6 Å². The molecule has 1 aromatic carbocycles. The van der Waals surface area contributed by atoms with Crippen LogP contribution in [0.4, 0.5) is 5.82 Å². The molecule has 7 heteroatoms. The predicted octanol–water partition coefficient (Wildman–Crippen LogP) is 2.34. The van der Waals surface area contributed by atoms with Crippen LogP contribution in [0.15, 0.2) is 36.5 Å². The quantitative estimate of drug-likeness (QED) is 0.768. The average molecular weight is 370 g/mol. The number of ether oxygens (including phenoxy) is 1. The third-order valence-electron chi connectivity index (χ3n) is 5.05. The number of nitrogens with zero attached hydrogens (tertiary/aromatic N) is 4. The molecule has 6 nitrogen and oxygen atoms in total. The molecule has 2 aliphatic heterocycles. The fourth-order valence-corrected chi connectivity index (χ4v) is 3.86. The zero-order chi connectivity index (χ0) is 17.5. The van der Waals surface area contributed by atoms with E-state index < -0.39 is 0 Å². The molecule has 0 radical (unpaired) electrons. The molecule has 0 unspecified atom stereocenters. The molecule has 1 N–H and O–H groups in total. The average Bonchev–Trinajstić information content (AvgIpc) is 2.95. The molecule has 4 heterocycles. The van der Waals surface area contributed by atoms with E-state index in [1.807, 2.05) is 41.0 Å². The Morgan fingerprint density at radius 1 is 1.08 bits per heavy atom. The van der Waals surface area contributed by atoms with E-state index in [0.717, 1.165) is 55.4 Å². The van der Waals surface area contributed by atoms with Gasteiger partial charge < -0.3 is 15.0 Å². The summed E-state index contributed by atoms with van der Waals surface area (Å²) >= 11 is 5.94. The molecular formula is C19H20ClN5O. The van der Waals surface area contributed by atoms with E-state index in [9.17, 15) is 0 Å². The van der Waals surface area contributed by atoms with Crippen LogP contribution in [-0.2, 0) is 12.8 Å². The highest BCUT2D eigenvalue weighted by molar-refractivity contribution is 6.30. The summed E-state index contributed by atoms with van der Waals surface area (Å²) in [5, 5.41) is 8.70. The zero-order valence-corrected chi connectivity index (χ0v) is 15.1. The van der Waals surface area contributed by atoms with E-state index in [4.69, 9.17) is 21.3 Å². The predicted molar refractivity (Wildman–Crippen MR) is 101 cm³/mol. The van der Waals surface area contributed by atoms with Gasteiger partial charge in [-0.1, -0.05) is 11.6 Å². The third kappa shape index (κ3) is 2.79. The lowest BCUT2D eigenvalue weighted by atomic mass is 10.1. The molecule has 26 heavy (non-hydrogen) atoms. The lowest BCUT2D eigenvalue weighted by Crippen LogP contribution is -2.55. The number of aromatic nitrogens is 3. The summed E-state index contributed by atoms with van der Waals surface area (Å²) in [6.45, 7) is 3.65. The summed E-state index contributed by atoms with van der Waals surface area (Å²) in [6, 6.07) is 9.53. The van der Waals surface area contributed by atoms with Crippen molar-refractivity contribution in [3.63, 3.8) is 0 Å². The molecule has 5 rings (SSSR count). The lowest BCUT2D eigenvalue weighted by molar-refractivity contribution is 0.166. The van der Waals surface area contributed by atoms with Gasteiger partial charge in [0.05, 0.1) is 25.0 Å². The summed E-state index contributed by atoms with van der Waals surface area (Å²) in [5.74, 6) is 2.04. The number of fused-ring (bicyclic) bond motifs is 2. The molecule has 0 aliphatic carbocycles. The molecule has 0 saturated carbocycles. The number of nitrogens with one attached hydrogen (secondary N) is 1. The smallest absolute Gasteiger partial charge is 0.157 e. The van der Waals surface area contributed by atoms with Crippen molar-refractivity contribution in [3.8, 4) is 5.75 Å². The first kappa shape index (κ1) is 15.9. The van der Waals surface area contributed by atoms with E-state index in [0.29, 0.717) is 0 Å². The van der Waals surface area contributed by atoms with Gasteiger partial charge in [-0.15, -0.1) is 0 Å². The molecule has 1 fully saturated rings. The molecule has 1 saturated heterocycles. The van der Waals surface area contributed by atoms with Crippen molar-refractivity contribution in [2.75, 3.05) is 31.1 Å². The minimum atomic E-state index is 0.175. The van der Waals surface area contributed by atoms with Crippen molar-refractivity contribution < 1.29 is 4.74 Å². The Bertz CT molecular complexity index is 933. The van der Waals surface area contributed by atoms with E-state index >= 15 is 0 Å². The Kier molecular flexibility index (Phi) is 3.94. The number of anilines is 1. The minimum Gasteiger partial charge on any atom is -0.487 e. The number of halogens is 1. The molecule has 3 aromatic rings. The second-order valence-electron chi connectivity index (χ2n) is 6.81. The van der Waals surface area contributed by atoms with Gasteiger partial charge in [-0.2, -0.15) is 9.61 Å². The minimum absolute atomic E-state index is 0.175. The van der Waals surface area contributed by atoms with Crippen molar-refractivity contribution in [2.24, 2.45) is 0 Å². The van der Waals surface area contributed by atoms with Crippen LogP contribution in [0.2, 0.25) is 5.02 Å². The van der Waals surface area contributed by atoms with Crippen molar-refractivity contribution in [2.45, 2.75) is 18.9 Å². The van der Waals surface area contributed by atoms with Crippen molar-refractivity contribution >= 4 is 23.1 Å². The van der Waals surface area contributed by atoms with Crippen LogP contribution in [0.5, 0.6) is 5.75 Å². The number of benzene rings is 1. The largest absolute Gasteiger partial charge is 0.487 e. The Labute approximate surface area is 156 Å². The van der Waals surface area contributed by atoms with Crippen LogP contribution in [0.1, 0.15) is 11.3 Å². The van der Waals surface area contributed by atoms with Crippen molar-refractivity contribution in [1.82, 2.24) is 19.9 Å². The maximum Gasteiger partial charge on any atom is 0.157 e. The molecule has 0 atom stereocenters. The Hall–Kier alpha value is -2.31. The number of hydrogen-bond donors (Lipinski definition) is 1. The molecule has 0 spiro atoms. The third-order valence-corrected chi connectivity index (χ3v) is 5.30. The SMILES string of the molecule is Clc1ccc(OC2CN(c3c4c(nc5ccnn35)CCNCC4)C2)cc1. The van der Waals surface area contributed by atoms with E-state index in [1.165, 1.54) is 17.1 Å². The normalized spacial score (nSPS) is 17.7. The standard InChI is InChI=1S/C19H20ClN5O/c20-13-1-3-14(4-2-13)26-15-11-24(12-15)19-16-5-8-21-9-6-17(16)23-18-7-10-22-25(18)19/h1-4,7,10,15,21H,5-6,8-9,11-12H2. The second kappa shape index (κ2) is 6.45. The fraction of sp³-hybridized carbons (Fsp3) is 0.368. The highest BCUT2D eigenvalue weighted by atomic mass is 35.5. The van der Waals surface area contributed by atoms with Crippen molar-refractivity contribution in [1.29, 1.82) is 0 Å². The van der Waals surface area contributed by atoms with Gasteiger partial charge in [-0.05, 0) is 37.2 Å². The van der Waals surface area contributed by atoms with E-state index in [1.54, 1.807) is 0 Å². The summed E-state index contributed by atoms with van der Waals surface area (Å²) in [6.07, 6.45) is 3.94. The van der Waals surface area contributed by atoms with Crippen molar-refractivity contribution in [3.05, 3.63) is 52.8 Å². The fourth-order valence-electron chi connectivity index (χ4n) is 3.73. The Morgan fingerprint density at radius 3 is 2.73 bits per heavy atom. The molecular weight excluding hydrogens is 350 g/mol. The summed E-state index contributed by atoms with van der Waals surface area (Å²) in [7, 11) is 0. The van der Waals surface area contributed by atoms with Gasteiger partial charge in [0.25, 0.3) is 0 Å². The lowest BCUT2D eigenvalue weighted by Gasteiger charge is -2.41. The maximum atomic E-state index is 6.06. The molecule has 134 valence electrons. The van der Waals surface area contributed by atoms with Crippen LogP contribution in [0, 0.1) is 0 Å². The summed E-state index contributed by atoms with van der Waals surface area (Å²) < 4.78 is 8.04. The van der Waals surface area contributed by atoms with Gasteiger partial charge in [0.15, 0.2) is 5.65 Å². The van der Waals surface area contributed by atoms with Gasteiger partial charge in [0.1, 0.15) is 17.7 Å². The Morgan fingerprint density at radius 2 is 1.88 bits per heavy atom. The number of hydrogen-bond acceptors (Lipinski definition) is 5. The molecule has 2 aromatic heterocycles. The van der Waals surface area contributed by atoms with Crippen LogP contribution in [0.25, 0.3) is 5.65 Å². The molecule has 0 bridgehead atoms. The van der Waals surface area contributed by atoms with Crippen LogP contribution < -0.4 is 15.0 Å². The van der Waals surface area contributed by atoms with Gasteiger partial charge >= 0.3 is 0 Å². The van der Waals surface area contributed by atoms with Gasteiger partial charge in [-0.25, -0.2) is 4.98 Å². The van der Waals surface area contributed by atoms with Crippen LogP contribution in [0.3, 0.4) is 0 Å². The second-order valence-corrected chi connectivity index (χ2v) is 7.25. The first-order valence-corrected chi connectivity index (χ1v) is 9.39. The zero-order valence-electron chi connectivity index (χ0n) is 14.4. The summed E-state index contributed by atoms with van der Waals surface area (Å²) in [5.41, 5.74) is 3.43. The summed E-state index contributed by atoms with van der Waals surface area (Å²) in [4.78, 5) is 7.18. The molecule has 0 amide bonds.